The predicted molar refractivity (Wildman–Crippen MR) is 74.6 cm³/mol. The van der Waals surface area contributed by atoms with Crippen molar-refractivity contribution in [3.63, 3.8) is 0 Å². The molecule has 1 aromatic carbocycles. The van der Waals surface area contributed by atoms with Crippen molar-refractivity contribution >= 4 is 11.8 Å². The number of primary amides is 1. The van der Waals surface area contributed by atoms with Gasteiger partial charge in [-0.15, -0.1) is 0 Å². The van der Waals surface area contributed by atoms with E-state index in [1.54, 1.807) is 0 Å². The molecular weight excluding hydrogens is 260 g/mol. The summed E-state index contributed by atoms with van der Waals surface area (Å²) in [6, 6.07) is 4.35. The number of carbonyl (C=O) groups excluding carboxylic acids is 2. The molecule has 0 heterocycles. The average Bonchev–Trinajstić information content (AvgIpc) is 2.35. The van der Waals surface area contributed by atoms with Crippen LogP contribution in [0.1, 0.15) is 24.2 Å². The Hall–Kier alpha value is -2.24. The molecule has 0 aliphatic rings. The normalized spacial score (nSPS) is 10.4. The largest absolute Gasteiger partial charge is 0.504 e. The maximum atomic E-state index is 12.3. The van der Waals surface area contributed by atoms with Gasteiger partial charge >= 0.3 is 0 Å². The third-order valence-electron chi connectivity index (χ3n) is 2.65. The van der Waals surface area contributed by atoms with E-state index in [-0.39, 0.29) is 35.4 Å². The van der Waals surface area contributed by atoms with Gasteiger partial charge in [-0.2, -0.15) is 0 Å². The smallest absolute Gasteiger partial charge is 0.254 e. The molecule has 0 unspecified atom stereocenters. The summed E-state index contributed by atoms with van der Waals surface area (Å²) in [5, 5.41) is 9.70. The van der Waals surface area contributed by atoms with Gasteiger partial charge in [-0.1, -0.05) is 13.8 Å². The molecule has 0 aliphatic heterocycles. The highest BCUT2D eigenvalue weighted by Crippen LogP contribution is 2.26. The highest BCUT2D eigenvalue weighted by atomic mass is 16.5. The second-order valence-electron chi connectivity index (χ2n) is 4.93. The Morgan fingerprint density at radius 1 is 1.40 bits per heavy atom. The van der Waals surface area contributed by atoms with Gasteiger partial charge in [-0.05, 0) is 24.1 Å². The van der Waals surface area contributed by atoms with Crippen molar-refractivity contribution in [2.24, 2.45) is 11.7 Å². The standard InChI is InChI=1S/C14H20N2O4/c1-9(2)7-16(8-13(15)18)14(19)10-4-5-12(20-3)11(17)6-10/h4-6,9,17H,7-8H2,1-3H3,(H2,15,18). The third-order valence-corrected chi connectivity index (χ3v) is 2.65. The molecule has 0 saturated heterocycles. The molecule has 2 amide bonds. The van der Waals surface area contributed by atoms with E-state index < -0.39 is 5.91 Å². The van der Waals surface area contributed by atoms with Crippen molar-refractivity contribution < 1.29 is 19.4 Å². The van der Waals surface area contributed by atoms with E-state index in [2.05, 4.69) is 0 Å². The highest BCUT2D eigenvalue weighted by Gasteiger charge is 2.19. The van der Waals surface area contributed by atoms with Crippen molar-refractivity contribution in [3.05, 3.63) is 23.8 Å². The van der Waals surface area contributed by atoms with Crippen LogP contribution < -0.4 is 10.5 Å². The summed E-state index contributed by atoms with van der Waals surface area (Å²) in [6.45, 7) is 4.14. The van der Waals surface area contributed by atoms with Crippen LogP contribution in [0, 0.1) is 5.92 Å². The number of nitrogens with zero attached hydrogens (tertiary/aromatic N) is 1. The molecule has 110 valence electrons. The lowest BCUT2D eigenvalue weighted by Crippen LogP contribution is -2.40. The number of hydrogen-bond donors (Lipinski definition) is 2. The van der Waals surface area contributed by atoms with Gasteiger partial charge < -0.3 is 20.5 Å². The number of amides is 2. The van der Waals surface area contributed by atoms with Crippen LogP contribution in [0.3, 0.4) is 0 Å². The molecule has 0 saturated carbocycles. The summed E-state index contributed by atoms with van der Waals surface area (Å²) in [5.74, 6) is -0.564. The summed E-state index contributed by atoms with van der Waals surface area (Å²) in [6.07, 6.45) is 0. The summed E-state index contributed by atoms with van der Waals surface area (Å²) in [7, 11) is 1.43. The summed E-state index contributed by atoms with van der Waals surface area (Å²) >= 11 is 0. The molecule has 0 atom stereocenters. The van der Waals surface area contributed by atoms with Crippen molar-refractivity contribution in [2.45, 2.75) is 13.8 Å². The Balaban J connectivity index is 2.98. The quantitative estimate of drug-likeness (QED) is 0.812. The number of nitrogens with two attached hydrogens (primary N) is 1. The second-order valence-corrected chi connectivity index (χ2v) is 4.93. The molecule has 0 fully saturated rings. The SMILES string of the molecule is COc1ccc(C(=O)N(CC(N)=O)CC(C)C)cc1O. The third kappa shape index (κ3) is 4.15. The van der Waals surface area contributed by atoms with Gasteiger partial charge in [0.05, 0.1) is 13.7 Å². The van der Waals surface area contributed by atoms with Gasteiger partial charge in [-0.25, -0.2) is 0 Å². The van der Waals surface area contributed by atoms with E-state index in [4.69, 9.17) is 10.5 Å². The van der Waals surface area contributed by atoms with Crippen LogP contribution in [0.5, 0.6) is 11.5 Å². The Bertz CT molecular complexity index is 500. The van der Waals surface area contributed by atoms with Crippen molar-refractivity contribution in [3.8, 4) is 11.5 Å². The van der Waals surface area contributed by atoms with Crippen LogP contribution in [0.4, 0.5) is 0 Å². The van der Waals surface area contributed by atoms with Crippen molar-refractivity contribution in [2.75, 3.05) is 20.2 Å². The molecule has 1 aromatic rings. The lowest BCUT2D eigenvalue weighted by molar-refractivity contribution is -0.118. The number of ether oxygens (including phenoxy) is 1. The predicted octanol–water partition coefficient (Wildman–Crippen LogP) is 0.984. The zero-order valence-electron chi connectivity index (χ0n) is 11.9. The number of benzene rings is 1. The number of carbonyl (C=O) groups is 2. The number of methoxy groups -OCH3 is 1. The van der Waals surface area contributed by atoms with E-state index >= 15 is 0 Å². The Morgan fingerprint density at radius 2 is 2.05 bits per heavy atom. The van der Waals surface area contributed by atoms with Crippen LogP contribution in [-0.2, 0) is 4.79 Å². The maximum absolute atomic E-state index is 12.3. The zero-order valence-corrected chi connectivity index (χ0v) is 11.9. The number of phenols is 1. The monoisotopic (exact) mass is 280 g/mol. The average molecular weight is 280 g/mol. The molecule has 0 radical (unpaired) electrons. The lowest BCUT2D eigenvalue weighted by atomic mass is 10.1. The van der Waals surface area contributed by atoms with Crippen molar-refractivity contribution in [1.82, 2.24) is 4.90 Å². The number of hydrogen-bond acceptors (Lipinski definition) is 4. The second kappa shape index (κ2) is 6.79. The molecule has 3 N–H and O–H groups in total. The van der Waals surface area contributed by atoms with Gasteiger partial charge in [0.2, 0.25) is 5.91 Å². The van der Waals surface area contributed by atoms with Crippen LogP contribution >= 0.6 is 0 Å². The minimum absolute atomic E-state index is 0.123. The van der Waals surface area contributed by atoms with Gasteiger partial charge in [-0.3, -0.25) is 9.59 Å². The van der Waals surface area contributed by atoms with Crippen LogP contribution in [0.2, 0.25) is 0 Å². The molecule has 0 aliphatic carbocycles. The maximum Gasteiger partial charge on any atom is 0.254 e. The van der Waals surface area contributed by atoms with Crippen LogP contribution in [-0.4, -0.2) is 42.0 Å². The molecule has 1 rings (SSSR count). The van der Waals surface area contributed by atoms with E-state index in [0.717, 1.165) is 0 Å². The first-order valence-corrected chi connectivity index (χ1v) is 6.29. The Morgan fingerprint density at radius 3 is 2.50 bits per heavy atom. The fraction of sp³-hybridized carbons (Fsp3) is 0.429. The molecule has 6 nitrogen and oxygen atoms in total. The molecule has 6 heteroatoms. The van der Waals surface area contributed by atoms with E-state index in [1.807, 2.05) is 13.8 Å². The molecule has 20 heavy (non-hydrogen) atoms. The fourth-order valence-corrected chi connectivity index (χ4v) is 1.85. The number of aromatic hydroxyl groups is 1. The summed E-state index contributed by atoms with van der Waals surface area (Å²) in [5.41, 5.74) is 5.44. The van der Waals surface area contributed by atoms with E-state index in [9.17, 15) is 14.7 Å². The Kier molecular flexibility index (Phi) is 5.37. The minimum Gasteiger partial charge on any atom is -0.504 e. The first kappa shape index (κ1) is 15.8. The van der Waals surface area contributed by atoms with Gasteiger partial charge in [0.1, 0.15) is 0 Å². The lowest BCUT2D eigenvalue weighted by Gasteiger charge is -2.23. The summed E-state index contributed by atoms with van der Waals surface area (Å²) in [4.78, 5) is 24.8. The first-order chi connectivity index (χ1) is 9.35. The minimum atomic E-state index is -0.572. The van der Waals surface area contributed by atoms with E-state index in [1.165, 1.54) is 30.2 Å². The molecular formula is C14H20N2O4. The Labute approximate surface area is 118 Å². The summed E-state index contributed by atoms with van der Waals surface area (Å²) < 4.78 is 4.92. The fourth-order valence-electron chi connectivity index (χ4n) is 1.85. The van der Waals surface area contributed by atoms with Crippen LogP contribution in [0.15, 0.2) is 18.2 Å². The molecule has 0 spiro atoms. The van der Waals surface area contributed by atoms with Crippen molar-refractivity contribution in [1.29, 1.82) is 0 Å². The first-order valence-electron chi connectivity index (χ1n) is 6.29. The van der Waals surface area contributed by atoms with Gasteiger partial charge in [0.15, 0.2) is 11.5 Å². The van der Waals surface area contributed by atoms with Crippen LogP contribution in [0.25, 0.3) is 0 Å². The topological polar surface area (TPSA) is 92.9 Å². The number of phenolic OH excluding ortho intramolecular Hbond substituents is 1. The van der Waals surface area contributed by atoms with Gasteiger partial charge in [0, 0.05) is 12.1 Å². The van der Waals surface area contributed by atoms with E-state index in [0.29, 0.717) is 6.54 Å². The zero-order chi connectivity index (χ0) is 15.3. The molecule has 0 aromatic heterocycles. The number of rotatable bonds is 6. The molecule has 0 bridgehead atoms. The van der Waals surface area contributed by atoms with Gasteiger partial charge in [0.25, 0.3) is 5.91 Å². The highest BCUT2D eigenvalue weighted by molar-refractivity contribution is 5.96.